The molecule has 2 rings (SSSR count). The number of carbonyl (C=O) groups is 2. The Morgan fingerprint density at radius 2 is 1.97 bits per heavy atom. The number of ketones is 1. The molecule has 6 nitrogen and oxygen atoms in total. The Bertz CT molecular complexity index is 841. The van der Waals surface area contributed by atoms with Gasteiger partial charge in [-0.3, -0.25) is 9.59 Å². The summed E-state index contributed by atoms with van der Waals surface area (Å²) in [6, 6.07) is 0. The van der Waals surface area contributed by atoms with Crippen molar-refractivity contribution in [2.75, 3.05) is 0 Å². The number of allylic oxidation sites excluding steroid dienone is 1. The van der Waals surface area contributed by atoms with Gasteiger partial charge in [0.2, 0.25) is 0 Å². The number of esters is 1. The number of carbonyl (C=O) groups excluding carboxylic acids is 2. The Morgan fingerprint density at radius 3 is 2.62 bits per heavy atom. The maximum Gasteiger partial charge on any atom is 0.309 e. The molecule has 0 unspecified atom stereocenters. The molecule has 178 valence electrons. The molecule has 0 saturated heterocycles. The van der Waals surface area contributed by atoms with Crippen LogP contribution in [0.4, 0.5) is 0 Å². The molecule has 0 spiro atoms. The van der Waals surface area contributed by atoms with Gasteiger partial charge < -0.3 is 14.9 Å². The molecule has 0 amide bonds. The third-order valence-electron chi connectivity index (χ3n) is 6.30. The Morgan fingerprint density at radius 1 is 1.25 bits per heavy atom. The lowest BCUT2D eigenvalue weighted by molar-refractivity contribution is -0.153. The van der Waals surface area contributed by atoms with E-state index in [0.29, 0.717) is 6.42 Å². The quantitative estimate of drug-likeness (QED) is 0.490. The zero-order valence-corrected chi connectivity index (χ0v) is 20.7. The molecule has 0 aliphatic carbocycles. The molecule has 0 fully saturated rings. The van der Waals surface area contributed by atoms with E-state index in [0.717, 1.165) is 35.5 Å². The molecule has 1 aliphatic heterocycles. The van der Waals surface area contributed by atoms with Crippen molar-refractivity contribution in [3.05, 3.63) is 33.8 Å². The van der Waals surface area contributed by atoms with E-state index in [1.54, 1.807) is 25.2 Å². The van der Waals surface area contributed by atoms with E-state index in [-0.39, 0.29) is 24.5 Å². The predicted octanol–water partition coefficient (Wildman–Crippen LogP) is 4.63. The van der Waals surface area contributed by atoms with Crippen molar-refractivity contribution in [2.24, 2.45) is 11.3 Å². The molecule has 1 aromatic heterocycles. The fourth-order valence-corrected chi connectivity index (χ4v) is 4.22. The lowest BCUT2D eigenvalue weighted by atomic mass is 9.77. The molecular formula is C25H37NO5S. The number of hydrogen-bond donors (Lipinski definition) is 2. The Labute approximate surface area is 195 Å². The second-order valence-electron chi connectivity index (χ2n) is 9.41. The fraction of sp³-hybridized carbons (Fsp3) is 0.640. The average Bonchev–Trinajstić information content (AvgIpc) is 3.12. The van der Waals surface area contributed by atoms with Crippen molar-refractivity contribution in [3.8, 4) is 0 Å². The highest BCUT2D eigenvalue weighted by molar-refractivity contribution is 7.09. The fourth-order valence-electron chi connectivity index (χ4n) is 3.65. The van der Waals surface area contributed by atoms with E-state index in [4.69, 9.17) is 4.74 Å². The van der Waals surface area contributed by atoms with Crippen LogP contribution < -0.4 is 0 Å². The topological polar surface area (TPSA) is 96.7 Å². The number of aliphatic hydroxyl groups excluding tert-OH is 2. The average molecular weight is 464 g/mol. The minimum atomic E-state index is -1.19. The SMILES string of the molecule is C/C(=C/c1csc(C)n1)[C@@H]1C/C=C\CCC[C@H](C)[C@H](O)CC(=O)C(C)(C)[C@@H](O)CC(=O)O1. The molecular weight excluding hydrogens is 426 g/mol. The normalized spacial score (nSPS) is 30.0. The van der Waals surface area contributed by atoms with Gasteiger partial charge >= 0.3 is 5.97 Å². The van der Waals surface area contributed by atoms with Gasteiger partial charge in [-0.15, -0.1) is 11.3 Å². The second-order valence-corrected chi connectivity index (χ2v) is 10.5. The van der Waals surface area contributed by atoms with Gasteiger partial charge in [-0.25, -0.2) is 4.98 Å². The van der Waals surface area contributed by atoms with Gasteiger partial charge in [0, 0.05) is 23.6 Å². The first-order chi connectivity index (χ1) is 15.0. The lowest BCUT2D eigenvalue weighted by Gasteiger charge is -2.31. The Kier molecular flexibility index (Phi) is 9.80. The van der Waals surface area contributed by atoms with Crippen LogP contribution in [0.3, 0.4) is 0 Å². The van der Waals surface area contributed by atoms with Gasteiger partial charge in [0.05, 0.1) is 29.3 Å². The number of cyclic esters (lactones) is 1. The van der Waals surface area contributed by atoms with E-state index in [2.05, 4.69) is 11.1 Å². The number of aliphatic hydroxyl groups is 2. The molecule has 0 saturated carbocycles. The summed E-state index contributed by atoms with van der Waals surface area (Å²) in [5, 5.41) is 24.0. The number of Topliss-reactive ketones (excluding diaryl/α,β-unsaturated/α-hetero) is 1. The molecule has 32 heavy (non-hydrogen) atoms. The van der Waals surface area contributed by atoms with Crippen molar-refractivity contribution in [2.45, 2.75) is 91.5 Å². The third-order valence-corrected chi connectivity index (χ3v) is 7.10. The highest BCUT2D eigenvalue weighted by atomic mass is 32.1. The van der Waals surface area contributed by atoms with Crippen LogP contribution in [0.25, 0.3) is 6.08 Å². The monoisotopic (exact) mass is 463 g/mol. The molecule has 4 atom stereocenters. The molecule has 0 radical (unpaired) electrons. The molecule has 1 aliphatic rings. The number of aryl methyl sites for hydroxylation is 1. The van der Waals surface area contributed by atoms with Crippen molar-refractivity contribution in [1.82, 2.24) is 4.98 Å². The number of thiazole rings is 1. The summed E-state index contributed by atoms with van der Waals surface area (Å²) in [4.78, 5) is 29.9. The van der Waals surface area contributed by atoms with Gasteiger partial charge in [0.15, 0.2) is 0 Å². The molecule has 0 aromatic carbocycles. The van der Waals surface area contributed by atoms with Gasteiger partial charge in [-0.05, 0) is 50.7 Å². The van der Waals surface area contributed by atoms with Crippen LogP contribution in [0.2, 0.25) is 0 Å². The maximum absolute atomic E-state index is 12.8. The zero-order valence-electron chi connectivity index (χ0n) is 19.8. The van der Waals surface area contributed by atoms with Gasteiger partial charge in [0.25, 0.3) is 0 Å². The van der Waals surface area contributed by atoms with Gasteiger partial charge in [0.1, 0.15) is 11.9 Å². The first-order valence-electron chi connectivity index (χ1n) is 11.3. The minimum absolute atomic E-state index is 0.0161. The van der Waals surface area contributed by atoms with Gasteiger partial charge in [-0.1, -0.05) is 32.9 Å². The Hall–Kier alpha value is -1.83. The van der Waals surface area contributed by atoms with Crippen LogP contribution >= 0.6 is 11.3 Å². The first-order valence-corrected chi connectivity index (χ1v) is 12.2. The van der Waals surface area contributed by atoms with Crippen molar-refractivity contribution < 1.29 is 24.5 Å². The second kappa shape index (κ2) is 11.9. The standard InChI is InChI=1S/C25H37NO5S/c1-16-10-8-6-7-9-11-21(17(2)12-19-15-32-18(3)26-19)31-24(30)14-23(29)25(4,5)22(28)13-20(16)27/h7,9,12,15-16,20-21,23,27,29H,6,8,10-11,13-14H2,1-5H3/b9-7-,17-12-/t16-,20+,21-,23-/m0/s1. The molecule has 1 aromatic rings. The van der Waals surface area contributed by atoms with Crippen LogP contribution in [-0.2, 0) is 14.3 Å². The number of rotatable bonds is 2. The van der Waals surface area contributed by atoms with E-state index < -0.39 is 29.7 Å². The smallest absolute Gasteiger partial charge is 0.309 e. The summed E-state index contributed by atoms with van der Waals surface area (Å²) in [5.74, 6) is -0.826. The highest BCUT2D eigenvalue weighted by Gasteiger charge is 2.38. The van der Waals surface area contributed by atoms with Crippen molar-refractivity contribution >= 4 is 29.2 Å². The summed E-state index contributed by atoms with van der Waals surface area (Å²) in [6.45, 7) is 9.02. The number of nitrogens with zero attached hydrogens (tertiary/aromatic N) is 1. The lowest BCUT2D eigenvalue weighted by Crippen LogP contribution is -2.41. The molecule has 2 N–H and O–H groups in total. The van der Waals surface area contributed by atoms with Crippen LogP contribution in [0.1, 0.15) is 76.9 Å². The van der Waals surface area contributed by atoms with E-state index in [9.17, 15) is 19.8 Å². The maximum atomic E-state index is 12.8. The van der Waals surface area contributed by atoms with Crippen LogP contribution in [0, 0.1) is 18.3 Å². The highest BCUT2D eigenvalue weighted by Crippen LogP contribution is 2.29. The van der Waals surface area contributed by atoms with Gasteiger partial charge in [-0.2, -0.15) is 0 Å². The van der Waals surface area contributed by atoms with E-state index in [1.807, 2.05) is 38.3 Å². The molecule has 0 bridgehead atoms. The summed E-state index contributed by atoms with van der Waals surface area (Å²) in [6.07, 6.45) is 6.33. The number of hydrogen-bond acceptors (Lipinski definition) is 7. The minimum Gasteiger partial charge on any atom is -0.457 e. The largest absolute Gasteiger partial charge is 0.457 e. The summed E-state index contributed by atoms with van der Waals surface area (Å²) < 4.78 is 5.73. The van der Waals surface area contributed by atoms with Crippen LogP contribution in [0.5, 0.6) is 0 Å². The predicted molar refractivity (Wildman–Crippen MR) is 127 cm³/mol. The Balaban J connectivity index is 2.23. The van der Waals surface area contributed by atoms with Crippen molar-refractivity contribution in [1.29, 1.82) is 0 Å². The molecule has 7 heteroatoms. The number of aromatic nitrogens is 1. The van der Waals surface area contributed by atoms with Crippen molar-refractivity contribution in [3.63, 3.8) is 0 Å². The van der Waals surface area contributed by atoms with E-state index in [1.165, 1.54) is 0 Å². The zero-order chi connectivity index (χ0) is 23.9. The number of ether oxygens (including phenoxy) is 1. The van der Waals surface area contributed by atoms with Crippen LogP contribution in [-0.4, -0.2) is 45.3 Å². The summed E-state index contributed by atoms with van der Waals surface area (Å²) in [5.41, 5.74) is 0.544. The summed E-state index contributed by atoms with van der Waals surface area (Å²) >= 11 is 1.56. The third kappa shape index (κ3) is 7.64. The first kappa shape index (κ1) is 26.4. The van der Waals surface area contributed by atoms with Crippen LogP contribution in [0.15, 0.2) is 23.1 Å². The van der Waals surface area contributed by atoms with E-state index >= 15 is 0 Å². The summed E-state index contributed by atoms with van der Waals surface area (Å²) in [7, 11) is 0. The molecule has 2 heterocycles.